The molecule has 0 aromatic rings. The SMILES string of the molecule is CCCCCCC1CCC([C@H]2CC[C@](C#N)(C3CCC(CCC)CC3)CC2)CC1. The van der Waals surface area contributed by atoms with Gasteiger partial charge in [-0.1, -0.05) is 84.5 Å². The molecule has 3 saturated carbocycles. The van der Waals surface area contributed by atoms with Gasteiger partial charge in [0, 0.05) is 0 Å². The van der Waals surface area contributed by atoms with E-state index in [0.717, 1.165) is 23.7 Å². The molecular weight excluding hydrogens is 350 g/mol. The number of nitrogens with zero attached hydrogens (tertiary/aromatic N) is 1. The largest absolute Gasteiger partial charge is 0.198 e. The van der Waals surface area contributed by atoms with Crippen LogP contribution < -0.4 is 0 Å². The Balaban J connectivity index is 1.40. The highest BCUT2D eigenvalue weighted by atomic mass is 14.5. The molecule has 3 aliphatic carbocycles. The maximum Gasteiger partial charge on any atom is 0.0692 e. The minimum Gasteiger partial charge on any atom is -0.198 e. The Bertz CT molecular complexity index is 479. The summed E-state index contributed by atoms with van der Waals surface area (Å²) in [5, 5.41) is 10.2. The van der Waals surface area contributed by atoms with E-state index in [4.69, 9.17) is 0 Å². The third kappa shape index (κ3) is 6.24. The third-order valence-electron chi connectivity index (χ3n) is 9.49. The van der Waals surface area contributed by atoms with Crippen LogP contribution in [0.5, 0.6) is 0 Å². The second-order valence-corrected chi connectivity index (χ2v) is 11.2. The van der Waals surface area contributed by atoms with Gasteiger partial charge in [-0.3, -0.25) is 0 Å². The Morgan fingerprint density at radius 1 is 0.655 bits per heavy atom. The molecule has 0 bridgehead atoms. The molecular formula is C28H49N. The average Bonchev–Trinajstić information content (AvgIpc) is 2.78. The highest BCUT2D eigenvalue weighted by Gasteiger charge is 2.44. The van der Waals surface area contributed by atoms with Crippen molar-refractivity contribution >= 4 is 0 Å². The van der Waals surface area contributed by atoms with Gasteiger partial charge in [0.05, 0.1) is 11.5 Å². The van der Waals surface area contributed by atoms with Crippen LogP contribution in [0.15, 0.2) is 0 Å². The number of rotatable bonds is 9. The zero-order valence-corrected chi connectivity index (χ0v) is 19.8. The van der Waals surface area contributed by atoms with Gasteiger partial charge in [-0.15, -0.1) is 0 Å². The number of hydrogen-bond donors (Lipinski definition) is 0. The molecule has 3 rings (SSSR count). The van der Waals surface area contributed by atoms with Gasteiger partial charge >= 0.3 is 0 Å². The molecule has 29 heavy (non-hydrogen) atoms. The highest BCUT2D eigenvalue weighted by molar-refractivity contribution is 5.06. The van der Waals surface area contributed by atoms with Crippen LogP contribution in [0, 0.1) is 46.3 Å². The Kier molecular flexibility index (Phi) is 9.40. The molecule has 0 N–H and O–H groups in total. The Morgan fingerprint density at radius 2 is 1.24 bits per heavy atom. The predicted molar refractivity (Wildman–Crippen MR) is 125 cm³/mol. The van der Waals surface area contributed by atoms with Gasteiger partial charge in [0.2, 0.25) is 0 Å². The average molecular weight is 400 g/mol. The summed E-state index contributed by atoms with van der Waals surface area (Å²) in [5.74, 6) is 4.62. The van der Waals surface area contributed by atoms with Crippen molar-refractivity contribution in [2.45, 2.75) is 136 Å². The summed E-state index contributed by atoms with van der Waals surface area (Å²) >= 11 is 0. The molecule has 0 aromatic carbocycles. The standard InChI is InChI=1S/C28H49N/c1-3-5-6-7-9-24-10-14-25(15-11-24)26-18-20-28(22-29,21-19-26)27-16-12-23(8-4-2)13-17-27/h23-27H,3-21H2,1-2H3/t23?,24?,25?,26-,27?,28-. The van der Waals surface area contributed by atoms with Crippen molar-refractivity contribution in [3.63, 3.8) is 0 Å². The molecule has 0 radical (unpaired) electrons. The first-order valence-electron chi connectivity index (χ1n) is 13.6. The first kappa shape index (κ1) is 23.2. The van der Waals surface area contributed by atoms with Crippen LogP contribution in [0.2, 0.25) is 0 Å². The van der Waals surface area contributed by atoms with E-state index >= 15 is 0 Å². The monoisotopic (exact) mass is 399 g/mol. The fourth-order valence-electron chi connectivity index (χ4n) is 7.46. The molecule has 0 aliphatic heterocycles. The van der Waals surface area contributed by atoms with E-state index in [9.17, 15) is 5.26 Å². The van der Waals surface area contributed by atoms with E-state index < -0.39 is 0 Å². The molecule has 166 valence electrons. The second kappa shape index (κ2) is 11.8. The first-order chi connectivity index (χ1) is 14.2. The van der Waals surface area contributed by atoms with E-state index in [-0.39, 0.29) is 5.41 Å². The summed E-state index contributed by atoms with van der Waals surface area (Å²) < 4.78 is 0. The lowest BCUT2D eigenvalue weighted by atomic mass is 9.57. The summed E-state index contributed by atoms with van der Waals surface area (Å²) in [7, 11) is 0. The zero-order valence-electron chi connectivity index (χ0n) is 19.8. The van der Waals surface area contributed by atoms with Crippen molar-refractivity contribution in [1.29, 1.82) is 5.26 Å². The van der Waals surface area contributed by atoms with Crippen molar-refractivity contribution in [2.75, 3.05) is 0 Å². The summed E-state index contributed by atoms with van der Waals surface area (Å²) in [6.07, 6.45) is 26.5. The topological polar surface area (TPSA) is 23.8 Å². The van der Waals surface area contributed by atoms with Gasteiger partial charge in [0.15, 0.2) is 0 Å². The number of nitriles is 1. The summed E-state index contributed by atoms with van der Waals surface area (Å²) in [5.41, 5.74) is 0.0458. The lowest BCUT2D eigenvalue weighted by Gasteiger charge is -2.46. The van der Waals surface area contributed by atoms with Gasteiger partial charge in [-0.25, -0.2) is 0 Å². The third-order valence-corrected chi connectivity index (χ3v) is 9.49. The van der Waals surface area contributed by atoms with E-state index in [1.54, 1.807) is 0 Å². The van der Waals surface area contributed by atoms with E-state index in [1.165, 1.54) is 122 Å². The van der Waals surface area contributed by atoms with Crippen molar-refractivity contribution in [1.82, 2.24) is 0 Å². The molecule has 0 aromatic heterocycles. The van der Waals surface area contributed by atoms with Gasteiger partial charge in [0.25, 0.3) is 0 Å². The molecule has 3 fully saturated rings. The molecule has 0 amide bonds. The highest BCUT2D eigenvalue weighted by Crippen LogP contribution is 2.52. The van der Waals surface area contributed by atoms with Gasteiger partial charge < -0.3 is 0 Å². The zero-order chi connectivity index (χ0) is 20.5. The molecule has 0 unspecified atom stereocenters. The normalized spacial score (nSPS) is 38.4. The summed E-state index contributed by atoms with van der Waals surface area (Å²) in [6, 6.07) is 2.90. The van der Waals surface area contributed by atoms with Crippen LogP contribution in [0.1, 0.15) is 136 Å². The number of hydrogen-bond acceptors (Lipinski definition) is 1. The maximum absolute atomic E-state index is 10.2. The van der Waals surface area contributed by atoms with Crippen LogP contribution in [0.3, 0.4) is 0 Å². The molecule has 1 nitrogen and oxygen atoms in total. The van der Waals surface area contributed by atoms with Gasteiger partial charge in [-0.2, -0.15) is 5.26 Å². The van der Waals surface area contributed by atoms with Crippen molar-refractivity contribution in [3.8, 4) is 6.07 Å². The molecule has 0 atom stereocenters. The van der Waals surface area contributed by atoms with Crippen LogP contribution in [-0.4, -0.2) is 0 Å². The van der Waals surface area contributed by atoms with Gasteiger partial charge in [0.1, 0.15) is 0 Å². The fraction of sp³-hybridized carbons (Fsp3) is 0.964. The Morgan fingerprint density at radius 3 is 1.83 bits per heavy atom. The molecule has 1 heteroatoms. The second-order valence-electron chi connectivity index (χ2n) is 11.2. The molecule has 0 spiro atoms. The van der Waals surface area contributed by atoms with E-state index in [2.05, 4.69) is 19.9 Å². The number of unbranched alkanes of at least 4 members (excludes halogenated alkanes) is 3. The van der Waals surface area contributed by atoms with Crippen molar-refractivity contribution < 1.29 is 0 Å². The summed E-state index contributed by atoms with van der Waals surface area (Å²) in [4.78, 5) is 0. The molecule has 3 aliphatic rings. The minimum atomic E-state index is 0.0458. The quantitative estimate of drug-likeness (QED) is 0.355. The molecule has 0 saturated heterocycles. The lowest BCUT2D eigenvalue weighted by molar-refractivity contribution is 0.0603. The minimum absolute atomic E-state index is 0.0458. The van der Waals surface area contributed by atoms with E-state index in [0.29, 0.717) is 5.92 Å². The van der Waals surface area contributed by atoms with Crippen LogP contribution in [0.4, 0.5) is 0 Å². The van der Waals surface area contributed by atoms with Gasteiger partial charge in [-0.05, 0) is 81.0 Å². The van der Waals surface area contributed by atoms with Crippen LogP contribution >= 0.6 is 0 Å². The Labute approximate surface area is 182 Å². The van der Waals surface area contributed by atoms with E-state index in [1.807, 2.05) is 0 Å². The van der Waals surface area contributed by atoms with Crippen LogP contribution in [0.25, 0.3) is 0 Å². The van der Waals surface area contributed by atoms with Crippen molar-refractivity contribution in [2.24, 2.45) is 35.0 Å². The lowest BCUT2D eigenvalue weighted by Crippen LogP contribution is -2.38. The maximum atomic E-state index is 10.2. The fourth-order valence-corrected chi connectivity index (χ4v) is 7.46. The predicted octanol–water partition coefficient (Wildman–Crippen LogP) is 9.07. The van der Waals surface area contributed by atoms with Crippen LogP contribution in [-0.2, 0) is 0 Å². The first-order valence-corrected chi connectivity index (χ1v) is 13.6. The summed E-state index contributed by atoms with van der Waals surface area (Å²) in [6.45, 7) is 4.64. The molecule has 0 heterocycles. The Hall–Kier alpha value is -0.510. The van der Waals surface area contributed by atoms with Crippen molar-refractivity contribution in [3.05, 3.63) is 0 Å². The smallest absolute Gasteiger partial charge is 0.0692 e.